The Morgan fingerprint density at radius 1 is 1.22 bits per heavy atom. The Morgan fingerprint density at radius 3 is 2.96 bits per heavy atom. The highest BCUT2D eigenvalue weighted by Gasteiger charge is 2.29. The largest absolute Gasteiger partial charge is 0.356 e. The summed E-state index contributed by atoms with van der Waals surface area (Å²) < 4.78 is 5.39. The van der Waals surface area contributed by atoms with Gasteiger partial charge in [-0.1, -0.05) is 19.0 Å². The van der Waals surface area contributed by atoms with Crippen molar-refractivity contribution in [1.82, 2.24) is 20.1 Å². The number of anilines is 1. The maximum atomic E-state index is 5.39. The van der Waals surface area contributed by atoms with Crippen molar-refractivity contribution in [2.45, 2.75) is 57.8 Å². The zero-order valence-electron chi connectivity index (χ0n) is 13.8. The van der Waals surface area contributed by atoms with Gasteiger partial charge < -0.3 is 9.42 Å². The van der Waals surface area contributed by atoms with Gasteiger partial charge in [-0.3, -0.25) is 0 Å². The lowest BCUT2D eigenvalue weighted by Crippen LogP contribution is -2.36. The fourth-order valence-corrected chi connectivity index (χ4v) is 3.64. The molecule has 1 atom stereocenters. The standard InChI is InChI=1S/C17H23N5O/c1-11(2)17-20-15(21-23-17)12-5-4-8-22(9-12)16-13-6-3-7-14(13)18-10-19-16/h10-12H,3-9H2,1-2H3. The van der Waals surface area contributed by atoms with E-state index in [0.717, 1.165) is 56.3 Å². The molecular weight excluding hydrogens is 290 g/mol. The minimum Gasteiger partial charge on any atom is -0.356 e. The molecule has 0 N–H and O–H groups in total. The molecule has 122 valence electrons. The third-order valence-electron chi connectivity index (χ3n) is 4.89. The van der Waals surface area contributed by atoms with Crippen LogP contribution in [0, 0.1) is 0 Å². The zero-order chi connectivity index (χ0) is 15.8. The highest BCUT2D eigenvalue weighted by molar-refractivity contribution is 5.51. The van der Waals surface area contributed by atoms with Gasteiger partial charge in [0.05, 0.1) is 0 Å². The maximum absolute atomic E-state index is 5.39. The summed E-state index contributed by atoms with van der Waals surface area (Å²) in [6, 6.07) is 0. The normalized spacial score (nSPS) is 21.0. The first-order valence-corrected chi connectivity index (χ1v) is 8.63. The summed E-state index contributed by atoms with van der Waals surface area (Å²) >= 11 is 0. The fraction of sp³-hybridized carbons (Fsp3) is 0.647. The lowest BCUT2D eigenvalue weighted by molar-refractivity contribution is 0.354. The van der Waals surface area contributed by atoms with Crippen LogP contribution >= 0.6 is 0 Å². The Labute approximate surface area is 136 Å². The first-order valence-electron chi connectivity index (χ1n) is 8.63. The number of rotatable bonds is 3. The van der Waals surface area contributed by atoms with Gasteiger partial charge in [0, 0.05) is 36.2 Å². The second-order valence-corrected chi connectivity index (χ2v) is 6.91. The molecule has 4 rings (SSSR count). The summed E-state index contributed by atoms with van der Waals surface area (Å²) in [5.41, 5.74) is 2.59. The molecule has 2 aromatic heterocycles. The van der Waals surface area contributed by atoms with Crippen molar-refractivity contribution in [2.75, 3.05) is 18.0 Å². The molecule has 0 radical (unpaired) electrons. The topological polar surface area (TPSA) is 67.9 Å². The summed E-state index contributed by atoms with van der Waals surface area (Å²) in [6.45, 7) is 6.12. The zero-order valence-corrected chi connectivity index (χ0v) is 13.8. The number of piperidine rings is 1. The van der Waals surface area contributed by atoms with Crippen molar-refractivity contribution in [3.63, 3.8) is 0 Å². The number of hydrogen-bond donors (Lipinski definition) is 0. The van der Waals surface area contributed by atoms with E-state index >= 15 is 0 Å². The monoisotopic (exact) mass is 313 g/mol. The summed E-state index contributed by atoms with van der Waals surface area (Å²) in [4.78, 5) is 16.0. The second-order valence-electron chi connectivity index (χ2n) is 6.91. The SMILES string of the molecule is CC(C)c1nc(C2CCCN(c3ncnc4c3CCC4)C2)no1. The Balaban J connectivity index is 1.56. The third-order valence-corrected chi connectivity index (χ3v) is 4.89. The van der Waals surface area contributed by atoms with Crippen molar-refractivity contribution in [3.05, 3.63) is 29.3 Å². The quantitative estimate of drug-likeness (QED) is 0.868. The number of aryl methyl sites for hydroxylation is 1. The van der Waals surface area contributed by atoms with Crippen molar-refractivity contribution in [1.29, 1.82) is 0 Å². The lowest BCUT2D eigenvalue weighted by atomic mass is 9.97. The minimum absolute atomic E-state index is 0.279. The van der Waals surface area contributed by atoms with E-state index in [0.29, 0.717) is 5.92 Å². The molecule has 6 nitrogen and oxygen atoms in total. The molecule has 0 amide bonds. The van der Waals surface area contributed by atoms with E-state index in [9.17, 15) is 0 Å². The second kappa shape index (κ2) is 5.91. The summed E-state index contributed by atoms with van der Waals surface area (Å²) in [7, 11) is 0. The van der Waals surface area contributed by atoms with Crippen LogP contribution in [0.2, 0.25) is 0 Å². The molecule has 1 unspecified atom stereocenters. The highest BCUT2D eigenvalue weighted by Crippen LogP contribution is 2.33. The van der Waals surface area contributed by atoms with Crippen LogP contribution in [0.4, 0.5) is 5.82 Å². The van der Waals surface area contributed by atoms with Crippen molar-refractivity contribution in [3.8, 4) is 0 Å². The molecule has 3 heterocycles. The Kier molecular flexibility index (Phi) is 3.75. The first kappa shape index (κ1) is 14.6. The Bertz CT molecular complexity index is 696. The molecule has 23 heavy (non-hydrogen) atoms. The van der Waals surface area contributed by atoms with E-state index in [1.807, 2.05) is 0 Å². The van der Waals surface area contributed by atoms with E-state index in [1.165, 1.54) is 17.7 Å². The predicted molar refractivity (Wildman–Crippen MR) is 86.6 cm³/mol. The number of nitrogens with zero attached hydrogens (tertiary/aromatic N) is 5. The molecule has 0 saturated carbocycles. The average molecular weight is 313 g/mol. The third kappa shape index (κ3) is 2.71. The molecule has 1 aliphatic heterocycles. The fourth-order valence-electron chi connectivity index (χ4n) is 3.64. The van der Waals surface area contributed by atoms with Crippen LogP contribution in [0.15, 0.2) is 10.9 Å². The average Bonchev–Trinajstić information content (AvgIpc) is 3.24. The predicted octanol–water partition coefficient (Wildman–Crippen LogP) is 2.86. The van der Waals surface area contributed by atoms with Crippen LogP contribution in [0.25, 0.3) is 0 Å². The van der Waals surface area contributed by atoms with Gasteiger partial charge in [0.2, 0.25) is 5.89 Å². The van der Waals surface area contributed by atoms with Crippen LogP contribution in [-0.4, -0.2) is 33.2 Å². The highest BCUT2D eigenvalue weighted by atomic mass is 16.5. The van der Waals surface area contributed by atoms with Gasteiger partial charge in [-0.2, -0.15) is 4.98 Å². The van der Waals surface area contributed by atoms with Gasteiger partial charge in [-0.05, 0) is 32.1 Å². The molecule has 0 aromatic carbocycles. The van der Waals surface area contributed by atoms with Crippen LogP contribution in [0.1, 0.15) is 67.9 Å². The molecule has 6 heteroatoms. The summed E-state index contributed by atoms with van der Waals surface area (Å²) in [5.74, 6) is 3.32. The molecule has 1 aliphatic carbocycles. The van der Waals surface area contributed by atoms with Crippen molar-refractivity contribution in [2.24, 2.45) is 0 Å². The summed E-state index contributed by atoms with van der Waals surface area (Å²) in [6.07, 6.45) is 7.35. The van der Waals surface area contributed by atoms with Crippen molar-refractivity contribution < 1.29 is 4.52 Å². The van der Waals surface area contributed by atoms with E-state index in [4.69, 9.17) is 4.52 Å². The smallest absolute Gasteiger partial charge is 0.229 e. The molecule has 2 aromatic rings. The van der Waals surface area contributed by atoms with Gasteiger partial charge >= 0.3 is 0 Å². The van der Waals surface area contributed by atoms with Gasteiger partial charge in [0.15, 0.2) is 5.82 Å². The van der Waals surface area contributed by atoms with Gasteiger partial charge in [0.25, 0.3) is 0 Å². The van der Waals surface area contributed by atoms with E-state index in [1.54, 1.807) is 6.33 Å². The van der Waals surface area contributed by atoms with Crippen LogP contribution < -0.4 is 4.90 Å². The van der Waals surface area contributed by atoms with Crippen LogP contribution in [0.3, 0.4) is 0 Å². The Morgan fingerprint density at radius 2 is 2.13 bits per heavy atom. The molecular formula is C17H23N5O. The van der Waals surface area contributed by atoms with E-state index < -0.39 is 0 Å². The van der Waals surface area contributed by atoms with Crippen LogP contribution in [0.5, 0.6) is 0 Å². The number of hydrogen-bond acceptors (Lipinski definition) is 6. The van der Waals surface area contributed by atoms with Gasteiger partial charge in [0.1, 0.15) is 12.1 Å². The van der Waals surface area contributed by atoms with Gasteiger partial charge in [-0.25, -0.2) is 9.97 Å². The maximum Gasteiger partial charge on any atom is 0.229 e. The first-order chi connectivity index (χ1) is 11.2. The number of fused-ring (bicyclic) bond motifs is 1. The molecule has 2 aliphatic rings. The van der Waals surface area contributed by atoms with Gasteiger partial charge in [-0.15, -0.1) is 0 Å². The Hall–Kier alpha value is -1.98. The molecule has 0 bridgehead atoms. The molecule has 1 fully saturated rings. The lowest BCUT2D eigenvalue weighted by Gasteiger charge is -2.33. The van der Waals surface area contributed by atoms with E-state index in [2.05, 4.69) is 38.9 Å². The minimum atomic E-state index is 0.279. The number of aromatic nitrogens is 4. The summed E-state index contributed by atoms with van der Waals surface area (Å²) in [5, 5.41) is 4.22. The molecule has 1 saturated heterocycles. The van der Waals surface area contributed by atoms with Crippen LogP contribution in [-0.2, 0) is 12.8 Å². The van der Waals surface area contributed by atoms with E-state index in [-0.39, 0.29) is 5.92 Å². The van der Waals surface area contributed by atoms with Crippen molar-refractivity contribution >= 4 is 5.82 Å². The molecule has 0 spiro atoms.